The van der Waals surface area contributed by atoms with Crippen molar-refractivity contribution in [1.82, 2.24) is 20.4 Å². The van der Waals surface area contributed by atoms with Gasteiger partial charge < -0.3 is 5.32 Å². The molecule has 3 rings (SSSR count). The van der Waals surface area contributed by atoms with E-state index in [9.17, 15) is 9.59 Å². The lowest BCUT2D eigenvalue weighted by molar-refractivity contribution is -0.125. The van der Waals surface area contributed by atoms with Crippen LogP contribution in [0.5, 0.6) is 0 Å². The molecule has 6 nitrogen and oxygen atoms in total. The molecule has 3 amide bonds. The number of benzene rings is 1. The summed E-state index contributed by atoms with van der Waals surface area (Å²) in [6.45, 7) is 6.36. The van der Waals surface area contributed by atoms with Gasteiger partial charge in [0.2, 0.25) is 5.91 Å². The number of hydrogen-bond acceptors (Lipinski definition) is 4. The third-order valence-corrected chi connectivity index (χ3v) is 5.51. The Bertz CT molecular complexity index is 593. The van der Waals surface area contributed by atoms with Crippen molar-refractivity contribution < 1.29 is 9.59 Å². The van der Waals surface area contributed by atoms with Gasteiger partial charge in [-0.1, -0.05) is 43.2 Å². The van der Waals surface area contributed by atoms with Crippen molar-refractivity contribution in [2.24, 2.45) is 0 Å². The first-order valence-corrected chi connectivity index (χ1v) is 9.73. The summed E-state index contributed by atoms with van der Waals surface area (Å²) in [5, 5.41) is 5.41. The highest BCUT2D eigenvalue weighted by molar-refractivity contribution is 5.96. The summed E-state index contributed by atoms with van der Waals surface area (Å²) in [5.41, 5.74) is 1.32. The van der Waals surface area contributed by atoms with E-state index in [-0.39, 0.29) is 24.0 Å². The normalized spacial score (nSPS) is 20.7. The van der Waals surface area contributed by atoms with E-state index in [1.165, 1.54) is 5.56 Å². The zero-order valence-electron chi connectivity index (χ0n) is 15.6. The van der Waals surface area contributed by atoms with Crippen LogP contribution in [-0.2, 0) is 11.3 Å². The highest BCUT2D eigenvalue weighted by Gasteiger charge is 2.27. The van der Waals surface area contributed by atoms with Crippen LogP contribution in [0.4, 0.5) is 4.79 Å². The molecule has 2 N–H and O–H groups in total. The van der Waals surface area contributed by atoms with Gasteiger partial charge in [0.15, 0.2) is 0 Å². The third kappa shape index (κ3) is 5.29. The summed E-state index contributed by atoms with van der Waals surface area (Å²) in [4.78, 5) is 28.9. The average Bonchev–Trinajstić information content (AvgIpc) is 3.15. The van der Waals surface area contributed by atoms with E-state index in [1.54, 1.807) is 0 Å². The Hall–Kier alpha value is -1.92. The second-order valence-electron chi connectivity index (χ2n) is 7.42. The topological polar surface area (TPSA) is 64.7 Å². The van der Waals surface area contributed by atoms with Crippen molar-refractivity contribution >= 4 is 11.9 Å². The number of nitrogens with one attached hydrogen (secondary N) is 2. The molecule has 1 heterocycles. The number of carbonyl (C=O) groups excluding carboxylic acids is 2. The first kappa shape index (κ1) is 18.9. The van der Waals surface area contributed by atoms with Crippen LogP contribution in [0.15, 0.2) is 30.3 Å². The number of carbonyl (C=O) groups is 2. The standard InChI is InChI=1S/C20H30N4O2/c1-16(19(25)22-20(26)21-18-9-5-6-10-18)24-13-11-23(12-14-24)15-17-7-3-2-4-8-17/h2-4,7-8,16,18H,5-6,9-15H2,1H3,(H2,21,22,25,26)/t16-/m0/s1. The van der Waals surface area contributed by atoms with E-state index in [1.807, 2.05) is 13.0 Å². The summed E-state index contributed by atoms with van der Waals surface area (Å²) >= 11 is 0. The van der Waals surface area contributed by atoms with Gasteiger partial charge >= 0.3 is 6.03 Å². The van der Waals surface area contributed by atoms with E-state index in [4.69, 9.17) is 0 Å². The number of hydrogen-bond donors (Lipinski definition) is 2. The van der Waals surface area contributed by atoms with Gasteiger partial charge in [-0.3, -0.25) is 19.9 Å². The molecule has 2 aliphatic rings. The first-order valence-electron chi connectivity index (χ1n) is 9.73. The molecule has 1 aliphatic carbocycles. The Morgan fingerprint density at radius 3 is 2.38 bits per heavy atom. The molecule has 0 unspecified atom stereocenters. The predicted octanol–water partition coefficient (Wildman–Crippen LogP) is 1.96. The zero-order chi connectivity index (χ0) is 18.4. The van der Waals surface area contributed by atoms with Crippen LogP contribution in [-0.4, -0.2) is 60.0 Å². The first-order chi connectivity index (χ1) is 12.6. The highest BCUT2D eigenvalue weighted by atomic mass is 16.2. The van der Waals surface area contributed by atoms with E-state index in [2.05, 4.69) is 44.7 Å². The number of rotatable bonds is 5. The molecule has 1 aromatic rings. The minimum atomic E-state index is -0.350. The van der Waals surface area contributed by atoms with Crippen molar-refractivity contribution in [1.29, 1.82) is 0 Å². The fourth-order valence-corrected chi connectivity index (χ4v) is 3.82. The maximum atomic E-state index is 12.4. The fraction of sp³-hybridized carbons (Fsp3) is 0.600. The fourth-order valence-electron chi connectivity index (χ4n) is 3.82. The van der Waals surface area contributed by atoms with Crippen LogP contribution in [0.2, 0.25) is 0 Å². The molecule has 26 heavy (non-hydrogen) atoms. The summed E-state index contributed by atoms with van der Waals surface area (Å²) in [6, 6.07) is 10.0. The Labute approximate surface area is 155 Å². The second kappa shape index (κ2) is 9.14. The van der Waals surface area contributed by atoms with Gasteiger partial charge in [0.25, 0.3) is 0 Å². The third-order valence-electron chi connectivity index (χ3n) is 5.51. The largest absolute Gasteiger partial charge is 0.335 e. The van der Waals surface area contributed by atoms with Crippen LogP contribution in [0.1, 0.15) is 38.2 Å². The van der Waals surface area contributed by atoms with Gasteiger partial charge in [0.05, 0.1) is 6.04 Å². The van der Waals surface area contributed by atoms with Gasteiger partial charge in [-0.05, 0) is 25.3 Å². The minimum Gasteiger partial charge on any atom is -0.335 e. The molecule has 1 atom stereocenters. The molecule has 0 spiro atoms. The maximum absolute atomic E-state index is 12.4. The van der Waals surface area contributed by atoms with E-state index in [0.717, 1.165) is 58.4 Å². The molecule has 0 aromatic heterocycles. The van der Waals surface area contributed by atoms with Crippen LogP contribution in [0, 0.1) is 0 Å². The number of piperazine rings is 1. The zero-order valence-corrected chi connectivity index (χ0v) is 15.6. The lowest BCUT2D eigenvalue weighted by Gasteiger charge is -2.37. The molecule has 142 valence electrons. The van der Waals surface area contributed by atoms with Gasteiger partial charge in [-0.15, -0.1) is 0 Å². The van der Waals surface area contributed by atoms with Gasteiger partial charge in [-0.2, -0.15) is 0 Å². The molecule has 1 aliphatic heterocycles. The van der Waals surface area contributed by atoms with Crippen molar-refractivity contribution in [3.63, 3.8) is 0 Å². The van der Waals surface area contributed by atoms with Crippen LogP contribution < -0.4 is 10.6 Å². The Morgan fingerprint density at radius 2 is 1.73 bits per heavy atom. The molecule has 1 aromatic carbocycles. The lowest BCUT2D eigenvalue weighted by Crippen LogP contribution is -2.55. The van der Waals surface area contributed by atoms with E-state index in [0.29, 0.717) is 0 Å². The summed E-state index contributed by atoms with van der Waals surface area (Å²) in [5.74, 6) is -0.211. The number of imide groups is 1. The Kier molecular flexibility index (Phi) is 6.63. The lowest BCUT2D eigenvalue weighted by atomic mass is 10.1. The quantitative estimate of drug-likeness (QED) is 0.845. The summed E-state index contributed by atoms with van der Waals surface area (Å²) < 4.78 is 0. The molecule has 2 fully saturated rings. The smallest absolute Gasteiger partial charge is 0.321 e. The van der Waals surface area contributed by atoms with Crippen molar-refractivity contribution in [3.8, 4) is 0 Å². The maximum Gasteiger partial charge on any atom is 0.321 e. The van der Waals surface area contributed by atoms with E-state index >= 15 is 0 Å². The Morgan fingerprint density at radius 1 is 1.08 bits per heavy atom. The predicted molar refractivity (Wildman–Crippen MR) is 102 cm³/mol. The number of amides is 3. The van der Waals surface area contributed by atoms with Crippen LogP contribution in [0.25, 0.3) is 0 Å². The molecular weight excluding hydrogens is 328 g/mol. The van der Waals surface area contributed by atoms with Crippen molar-refractivity contribution in [3.05, 3.63) is 35.9 Å². The molecule has 6 heteroatoms. The minimum absolute atomic E-state index is 0.211. The summed E-state index contributed by atoms with van der Waals surface area (Å²) in [6.07, 6.45) is 4.34. The Balaban J connectivity index is 1.40. The van der Waals surface area contributed by atoms with E-state index < -0.39 is 0 Å². The molecule has 1 saturated carbocycles. The SMILES string of the molecule is C[C@@H](C(=O)NC(=O)NC1CCCC1)N1CCN(Cc2ccccc2)CC1. The molecular formula is C20H30N4O2. The highest BCUT2D eigenvalue weighted by Crippen LogP contribution is 2.17. The van der Waals surface area contributed by atoms with Crippen LogP contribution in [0.3, 0.4) is 0 Å². The second-order valence-corrected chi connectivity index (χ2v) is 7.42. The van der Waals surface area contributed by atoms with Gasteiger partial charge in [0.1, 0.15) is 0 Å². The van der Waals surface area contributed by atoms with Crippen molar-refractivity contribution in [2.75, 3.05) is 26.2 Å². The summed E-state index contributed by atoms with van der Waals surface area (Å²) in [7, 11) is 0. The van der Waals surface area contributed by atoms with Gasteiger partial charge in [-0.25, -0.2) is 4.79 Å². The van der Waals surface area contributed by atoms with Crippen molar-refractivity contribution in [2.45, 2.75) is 51.2 Å². The van der Waals surface area contributed by atoms with Crippen LogP contribution >= 0.6 is 0 Å². The van der Waals surface area contributed by atoms with Gasteiger partial charge in [0, 0.05) is 38.8 Å². The number of urea groups is 1. The molecule has 0 radical (unpaired) electrons. The molecule has 1 saturated heterocycles. The average molecular weight is 358 g/mol. The monoisotopic (exact) mass is 358 g/mol. The molecule has 0 bridgehead atoms. The number of nitrogens with zero attached hydrogens (tertiary/aromatic N) is 2.